The van der Waals surface area contributed by atoms with E-state index in [0.29, 0.717) is 23.8 Å². The van der Waals surface area contributed by atoms with Gasteiger partial charge >= 0.3 is 0 Å². The first kappa shape index (κ1) is 17.6. The van der Waals surface area contributed by atoms with Gasteiger partial charge in [0.1, 0.15) is 12.7 Å². The highest BCUT2D eigenvalue weighted by atomic mass is 32.1. The molecule has 0 radical (unpaired) electrons. The Labute approximate surface area is 140 Å². The molecule has 23 heavy (non-hydrogen) atoms. The molecule has 2 N–H and O–H groups in total. The van der Waals surface area contributed by atoms with Gasteiger partial charge in [0.25, 0.3) is 0 Å². The molecule has 0 saturated heterocycles. The number of benzene rings is 1. The van der Waals surface area contributed by atoms with Crippen LogP contribution in [-0.2, 0) is 0 Å². The number of nitrogens with one attached hydrogen (secondary N) is 1. The summed E-state index contributed by atoms with van der Waals surface area (Å²) in [7, 11) is 3.14. The number of hydrogen-bond donors (Lipinski definition) is 2. The number of aliphatic hydroxyl groups excluding tert-OH is 1. The van der Waals surface area contributed by atoms with Gasteiger partial charge in [-0.15, -0.1) is 11.3 Å². The molecular weight excluding hydrogens is 314 g/mol. The molecule has 1 aromatic heterocycles. The summed E-state index contributed by atoms with van der Waals surface area (Å²) in [4.78, 5) is 1.24. The largest absolute Gasteiger partial charge is 0.493 e. The van der Waals surface area contributed by atoms with E-state index in [1.807, 2.05) is 17.5 Å². The third-order valence-electron chi connectivity index (χ3n) is 3.43. The molecule has 2 rings (SSSR count). The van der Waals surface area contributed by atoms with E-state index in [1.165, 1.54) is 4.88 Å². The minimum atomic E-state index is -0.632. The lowest BCUT2D eigenvalue weighted by Gasteiger charge is -2.18. The molecule has 0 amide bonds. The zero-order chi connectivity index (χ0) is 16.7. The van der Waals surface area contributed by atoms with E-state index in [0.717, 1.165) is 0 Å². The highest BCUT2D eigenvalue weighted by molar-refractivity contribution is 7.10. The third kappa shape index (κ3) is 4.86. The van der Waals surface area contributed by atoms with Crippen LogP contribution in [0.5, 0.6) is 17.2 Å². The van der Waals surface area contributed by atoms with E-state index in [-0.39, 0.29) is 12.6 Å². The fourth-order valence-electron chi connectivity index (χ4n) is 2.15. The Morgan fingerprint density at radius 3 is 2.39 bits per heavy atom. The van der Waals surface area contributed by atoms with Gasteiger partial charge in [-0.2, -0.15) is 0 Å². The summed E-state index contributed by atoms with van der Waals surface area (Å²) in [6.45, 7) is 2.67. The molecule has 126 valence electrons. The number of thiophene rings is 1. The summed E-state index contributed by atoms with van der Waals surface area (Å²) in [6, 6.07) is 9.70. The molecule has 5 nitrogen and oxygen atoms in total. The molecule has 1 heterocycles. The summed E-state index contributed by atoms with van der Waals surface area (Å²) in [5.41, 5.74) is 0. The number of methoxy groups -OCH3 is 2. The molecule has 0 aliphatic heterocycles. The Morgan fingerprint density at radius 2 is 1.83 bits per heavy atom. The van der Waals surface area contributed by atoms with Crippen LogP contribution >= 0.6 is 11.3 Å². The predicted molar refractivity (Wildman–Crippen MR) is 91.8 cm³/mol. The van der Waals surface area contributed by atoms with Gasteiger partial charge in [0.05, 0.1) is 14.2 Å². The van der Waals surface area contributed by atoms with Crippen LogP contribution < -0.4 is 19.5 Å². The Morgan fingerprint density at radius 1 is 1.13 bits per heavy atom. The molecule has 0 aliphatic rings. The average molecular weight is 337 g/mol. The maximum atomic E-state index is 10.1. The van der Waals surface area contributed by atoms with E-state index < -0.39 is 6.10 Å². The summed E-state index contributed by atoms with van der Waals surface area (Å²) < 4.78 is 16.2. The van der Waals surface area contributed by atoms with Crippen molar-refractivity contribution in [2.24, 2.45) is 0 Å². The zero-order valence-corrected chi connectivity index (χ0v) is 14.4. The Balaban J connectivity index is 1.86. The van der Waals surface area contributed by atoms with Gasteiger partial charge in [-0.1, -0.05) is 12.1 Å². The van der Waals surface area contributed by atoms with Gasteiger partial charge in [0, 0.05) is 17.5 Å². The average Bonchev–Trinajstić information content (AvgIpc) is 3.12. The first-order valence-electron chi connectivity index (χ1n) is 7.44. The Hall–Kier alpha value is -1.76. The smallest absolute Gasteiger partial charge is 0.203 e. The lowest BCUT2D eigenvalue weighted by Crippen LogP contribution is -2.32. The second kappa shape index (κ2) is 8.76. The molecule has 1 aromatic carbocycles. The maximum absolute atomic E-state index is 10.1. The van der Waals surface area contributed by atoms with Gasteiger partial charge in [0.2, 0.25) is 5.75 Å². The molecule has 2 aromatic rings. The lowest BCUT2D eigenvalue weighted by atomic mass is 10.2. The SMILES string of the molecule is COc1cccc(OC)c1OCC(O)CNC(C)c1cccs1. The summed E-state index contributed by atoms with van der Waals surface area (Å²) in [6.07, 6.45) is -0.632. The van der Waals surface area contributed by atoms with Crippen molar-refractivity contribution in [2.75, 3.05) is 27.4 Å². The van der Waals surface area contributed by atoms with Crippen molar-refractivity contribution in [3.63, 3.8) is 0 Å². The highest BCUT2D eigenvalue weighted by Gasteiger charge is 2.14. The molecule has 0 bridgehead atoms. The van der Waals surface area contributed by atoms with Crippen LogP contribution in [0.1, 0.15) is 17.8 Å². The third-order valence-corrected chi connectivity index (χ3v) is 4.49. The van der Waals surface area contributed by atoms with Gasteiger partial charge < -0.3 is 24.6 Å². The van der Waals surface area contributed by atoms with Gasteiger partial charge in [-0.25, -0.2) is 0 Å². The fraction of sp³-hybridized carbons (Fsp3) is 0.412. The second-order valence-corrected chi connectivity index (χ2v) is 6.08. The van der Waals surface area contributed by atoms with Gasteiger partial charge in [-0.3, -0.25) is 0 Å². The molecule has 0 saturated carbocycles. The van der Waals surface area contributed by atoms with E-state index in [4.69, 9.17) is 14.2 Å². The Kier molecular flexibility index (Phi) is 6.70. The normalized spacial score (nSPS) is 13.4. The topological polar surface area (TPSA) is 60.0 Å². The monoisotopic (exact) mass is 337 g/mol. The molecule has 0 fully saturated rings. The van der Waals surface area contributed by atoms with Crippen LogP contribution in [0.2, 0.25) is 0 Å². The van der Waals surface area contributed by atoms with Crippen molar-refractivity contribution in [3.8, 4) is 17.2 Å². The summed E-state index contributed by atoms with van der Waals surface area (Å²) >= 11 is 1.69. The van der Waals surface area contributed by atoms with E-state index in [2.05, 4.69) is 18.3 Å². The minimum Gasteiger partial charge on any atom is -0.493 e. The Bertz CT molecular complexity index is 566. The number of ether oxygens (including phenoxy) is 3. The first-order chi connectivity index (χ1) is 11.2. The highest BCUT2D eigenvalue weighted by Crippen LogP contribution is 2.36. The number of aliphatic hydroxyl groups is 1. The van der Waals surface area contributed by atoms with Crippen molar-refractivity contribution >= 4 is 11.3 Å². The number of hydrogen-bond acceptors (Lipinski definition) is 6. The maximum Gasteiger partial charge on any atom is 0.203 e. The van der Waals surface area contributed by atoms with E-state index in [1.54, 1.807) is 37.7 Å². The van der Waals surface area contributed by atoms with Crippen molar-refractivity contribution in [3.05, 3.63) is 40.6 Å². The zero-order valence-electron chi connectivity index (χ0n) is 13.6. The quantitative estimate of drug-likeness (QED) is 0.737. The van der Waals surface area contributed by atoms with Crippen LogP contribution in [0.3, 0.4) is 0 Å². The van der Waals surface area contributed by atoms with Crippen LogP contribution in [0, 0.1) is 0 Å². The van der Waals surface area contributed by atoms with E-state index >= 15 is 0 Å². The lowest BCUT2D eigenvalue weighted by molar-refractivity contribution is 0.101. The standard InChI is InChI=1S/C17H23NO4S/c1-12(16-8-5-9-23-16)18-10-13(19)11-22-17-14(20-2)6-4-7-15(17)21-3/h4-9,12-13,18-19H,10-11H2,1-3H3. The number of rotatable bonds is 9. The van der Waals surface area contributed by atoms with Crippen molar-refractivity contribution in [1.29, 1.82) is 0 Å². The fourth-order valence-corrected chi connectivity index (χ4v) is 2.91. The molecule has 0 spiro atoms. The van der Waals surface area contributed by atoms with Crippen LogP contribution in [-0.4, -0.2) is 38.6 Å². The van der Waals surface area contributed by atoms with Crippen LogP contribution in [0.4, 0.5) is 0 Å². The second-order valence-electron chi connectivity index (χ2n) is 5.10. The van der Waals surface area contributed by atoms with Gasteiger partial charge in [-0.05, 0) is 30.5 Å². The minimum absolute atomic E-state index is 0.154. The molecular formula is C17H23NO4S. The van der Waals surface area contributed by atoms with Crippen LogP contribution in [0.25, 0.3) is 0 Å². The van der Waals surface area contributed by atoms with Crippen molar-refractivity contribution in [2.45, 2.75) is 19.1 Å². The molecule has 2 unspecified atom stereocenters. The van der Waals surface area contributed by atoms with Crippen LogP contribution in [0.15, 0.2) is 35.7 Å². The summed E-state index contributed by atoms with van der Waals surface area (Å²) in [5, 5.41) is 15.5. The molecule has 2 atom stereocenters. The molecule has 6 heteroatoms. The van der Waals surface area contributed by atoms with Crippen molar-refractivity contribution < 1.29 is 19.3 Å². The van der Waals surface area contributed by atoms with E-state index in [9.17, 15) is 5.11 Å². The number of para-hydroxylation sites is 1. The first-order valence-corrected chi connectivity index (χ1v) is 8.32. The summed E-state index contributed by atoms with van der Waals surface area (Å²) in [5.74, 6) is 1.66. The van der Waals surface area contributed by atoms with Crippen molar-refractivity contribution in [1.82, 2.24) is 5.32 Å². The predicted octanol–water partition coefficient (Wildman–Crippen LogP) is 2.86. The molecule has 0 aliphatic carbocycles. The van der Waals surface area contributed by atoms with Gasteiger partial charge in [0.15, 0.2) is 11.5 Å².